The van der Waals surface area contributed by atoms with Gasteiger partial charge in [-0.15, -0.1) is 0 Å². The third kappa shape index (κ3) is 4.32. The highest BCUT2D eigenvalue weighted by molar-refractivity contribution is 9.10. The van der Waals surface area contributed by atoms with Crippen molar-refractivity contribution in [3.63, 3.8) is 0 Å². The summed E-state index contributed by atoms with van der Waals surface area (Å²) in [5, 5.41) is 2.75. The number of ether oxygens (including phenoxy) is 2. The summed E-state index contributed by atoms with van der Waals surface area (Å²) in [5.74, 6) is -0.293. The standard InChI is InChI=1S/C17H16BrNO4/c1-3-23-17(21)11-5-4-6-13(9-11)19-16(20)14-8-7-12(18)10-15(14)22-2/h4-10H,3H2,1-2H3,(H,19,20). The second kappa shape index (κ2) is 7.78. The summed E-state index contributed by atoms with van der Waals surface area (Å²) in [7, 11) is 1.50. The van der Waals surface area contributed by atoms with Crippen LogP contribution in [0.3, 0.4) is 0 Å². The van der Waals surface area contributed by atoms with Crippen LogP contribution in [0, 0.1) is 0 Å². The second-order valence-electron chi connectivity index (χ2n) is 4.60. The molecule has 2 aromatic carbocycles. The maximum atomic E-state index is 12.4. The van der Waals surface area contributed by atoms with Crippen molar-refractivity contribution in [3.8, 4) is 5.75 Å². The molecule has 0 heterocycles. The third-order valence-corrected chi connectivity index (χ3v) is 3.53. The number of nitrogens with one attached hydrogen (secondary N) is 1. The van der Waals surface area contributed by atoms with Gasteiger partial charge in [-0.3, -0.25) is 4.79 Å². The van der Waals surface area contributed by atoms with Gasteiger partial charge in [-0.2, -0.15) is 0 Å². The summed E-state index contributed by atoms with van der Waals surface area (Å²) >= 11 is 3.33. The van der Waals surface area contributed by atoms with Gasteiger partial charge in [-0.25, -0.2) is 4.79 Å². The average molecular weight is 378 g/mol. The van der Waals surface area contributed by atoms with Gasteiger partial charge in [0.05, 0.1) is 24.8 Å². The summed E-state index contributed by atoms with van der Waals surface area (Å²) in [6, 6.07) is 11.7. The lowest BCUT2D eigenvalue weighted by Crippen LogP contribution is -2.14. The lowest BCUT2D eigenvalue weighted by molar-refractivity contribution is 0.0526. The van der Waals surface area contributed by atoms with Gasteiger partial charge in [0.1, 0.15) is 5.75 Å². The molecule has 1 amide bonds. The zero-order valence-electron chi connectivity index (χ0n) is 12.8. The topological polar surface area (TPSA) is 64.6 Å². The molecular formula is C17H16BrNO4. The average Bonchev–Trinajstić information content (AvgIpc) is 2.55. The lowest BCUT2D eigenvalue weighted by atomic mass is 10.1. The molecule has 0 aliphatic rings. The van der Waals surface area contributed by atoms with Crippen LogP contribution in [0.5, 0.6) is 5.75 Å². The molecule has 0 aliphatic carbocycles. The number of amides is 1. The van der Waals surface area contributed by atoms with Crippen molar-refractivity contribution in [2.24, 2.45) is 0 Å². The van der Waals surface area contributed by atoms with Crippen molar-refractivity contribution in [3.05, 3.63) is 58.1 Å². The van der Waals surface area contributed by atoms with Gasteiger partial charge in [0, 0.05) is 10.2 Å². The van der Waals surface area contributed by atoms with Crippen molar-refractivity contribution in [2.45, 2.75) is 6.92 Å². The Morgan fingerprint density at radius 1 is 1.17 bits per heavy atom. The van der Waals surface area contributed by atoms with Crippen LogP contribution in [-0.2, 0) is 4.74 Å². The molecule has 0 aliphatic heterocycles. The Hall–Kier alpha value is -2.34. The number of anilines is 1. The zero-order chi connectivity index (χ0) is 16.8. The quantitative estimate of drug-likeness (QED) is 0.802. The highest BCUT2D eigenvalue weighted by Crippen LogP contribution is 2.24. The molecule has 0 fully saturated rings. The van der Waals surface area contributed by atoms with E-state index < -0.39 is 5.97 Å². The van der Waals surface area contributed by atoms with E-state index in [9.17, 15) is 9.59 Å². The van der Waals surface area contributed by atoms with Crippen LogP contribution < -0.4 is 10.1 Å². The molecule has 0 bridgehead atoms. The predicted octanol–water partition coefficient (Wildman–Crippen LogP) is 3.89. The van der Waals surface area contributed by atoms with E-state index in [4.69, 9.17) is 9.47 Å². The fourth-order valence-corrected chi connectivity index (χ4v) is 2.33. The predicted molar refractivity (Wildman–Crippen MR) is 91.0 cm³/mol. The molecule has 2 aromatic rings. The minimum Gasteiger partial charge on any atom is -0.496 e. The molecule has 2 rings (SSSR count). The molecule has 0 spiro atoms. The summed E-state index contributed by atoms with van der Waals surface area (Å²) in [6.07, 6.45) is 0. The monoisotopic (exact) mass is 377 g/mol. The third-order valence-electron chi connectivity index (χ3n) is 3.04. The van der Waals surface area contributed by atoms with Crippen LogP contribution in [0.25, 0.3) is 0 Å². The Balaban J connectivity index is 2.21. The molecular weight excluding hydrogens is 362 g/mol. The van der Waals surface area contributed by atoms with Gasteiger partial charge in [-0.05, 0) is 43.3 Å². The minimum atomic E-state index is -0.426. The number of benzene rings is 2. The molecule has 120 valence electrons. The second-order valence-corrected chi connectivity index (χ2v) is 5.52. The first kappa shape index (κ1) is 17.0. The van der Waals surface area contributed by atoms with Gasteiger partial charge in [0.15, 0.2) is 0 Å². The number of methoxy groups -OCH3 is 1. The van der Waals surface area contributed by atoms with E-state index in [1.165, 1.54) is 7.11 Å². The van der Waals surface area contributed by atoms with Crippen LogP contribution >= 0.6 is 15.9 Å². The molecule has 0 atom stereocenters. The molecule has 5 nitrogen and oxygen atoms in total. The first-order valence-corrected chi connectivity index (χ1v) is 7.76. The normalized spacial score (nSPS) is 10.0. The molecule has 0 aromatic heterocycles. The van der Waals surface area contributed by atoms with E-state index in [1.54, 1.807) is 49.4 Å². The van der Waals surface area contributed by atoms with Gasteiger partial charge in [0.25, 0.3) is 5.91 Å². The number of rotatable bonds is 5. The van der Waals surface area contributed by atoms with Crippen LogP contribution in [0.4, 0.5) is 5.69 Å². The Kier molecular flexibility index (Phi) is 5.76. The molecule has 0 saturated carbocycles. The molecule has 0 saturated heterocycles. The SMILES string of the molecule is CCOC(=O)c1cccc(NC(=O)c2ccc(Br)cc2OC)c1. The number of hydrogen-bond donors (Lipinski definition) is 1. The Morgan fingerprint density at radius 2 is 1.96 bits per heavy atom. The molecule has 0 unspecified atom stereocenters. The van der Waals surface area contributed by atoms with Crippen LogP contribution in [0.2, 0.25) is 0 Å². The van der Waals surface area contributed by atoms with Crippen molar-refractivity contribution >= 4 is 33.5 Å². The fourth-order valence-electron chi connectivity index (χ4n) is 1.99. The smallest absolute Gasteiger partial charge is 0.338 e. The zero-order valence-corrected chi connectivity index (χ0v) is 14.3. The number of esters is 1. The van der Waals surface area contributed by atoms with E-state index in [0.717, 1.165) is 4.47 Å². The van der Waals surface area contributed by atoms with Crippen molar-refractivity contribution in [1.29, 1.82) is 0 Å². The van der Waals surface area contributed by atoms with E-state index in [-0.39, 0.29) is 5.91 Å². The van der Waals surface area contributed by atoms with E-state index in [0.29, 0.717) is 29.2 Å². The summed E-state index contributed by atoms with van der Waals surface area (Å²) in [4.78, 5) is 24.1. The first-order chi connectivity index (χ1) is 11.0. The lowest BCUT2D eigenvalue weighted by Gasteiger charge is -2.10. The fraction of sp³-hybridized carbons (Fsp3) is 0.176. The maximum absolute atomic E-state index is 12.4. The molecule has 23 heavy (non-hydrogen) atoms. The van der Waals surface area contributed by atoms with Crippen molar-refractivity contribution in [1.82, 2.24) is 0 Å². The summed E-state index contributed by atoms with van der Waals surface area (Å²) < 4.78 is 11.0. The number of hydrogen-bond acceptors (Lipinski definition) is 4. The number of halogens is 1. The van der Waals surface area contributed by atoms with E-state index in [1.807, 2.05) is 0 Å². The van der Waals surface area contributed by atoms with E-state index >= 15 is 0 Å². The van der Waals surface area contributed by atoms with Crippen molar-refractivity contribution in [2.75, 3.05) is 19.0 Å². The van der Waals surface area contributed by atoms with Gasteiger partial charge >= 0.3 is 5.97 Å². The molecule has 6 heteroatoms. The molecule has 0 radical (unpaired) electrons. The van der Waals surface area contributed by atoms with Crippen molar-refractivity contribution < 1.29 is 19.1 Å². The van der Waals surface area contributed by atoms with E-state index in [2.05, 4.69) is 21.2 Å². The number of carbonyl (C=O) groups excluding carboxylic acids is 2. The molecule has 1 N–H and O–H groups in total. The Labute approximate surface area is 142 Å². The highest BCUT2D eigenvalue weighted by Gasteiger charge is 2.14. The Morgan fingerprint density at radius 3 is 2.65 bits per heavy atom. The largest absolute Gasteiger partial charge is 0.496 e. The van der Waals surface area contributed by atoms with Crippen LogP contribution in [0.15, 0.2) is 46.9 Å². The van der Waals surface area contributed by atoms with Gasteiger partial charge in [0.2, 0.25) is 0 Å². The minimum absolute atomic E-state index is 0.297. The van der Waals surface area contributed by atoms with Crippen LogP contribution in [0.1, 0.15) is 27.6 Å². The summed E-state index contributed by atoms with van der Waals surface area (Å²) in [5.41, 5.74) is 1.29. The summed E-state index contributed by atoms with van der Waals surface area (Å²) in [6.45, 7) is 2.04. The number of carbonyl (C=O) groups is 2. The van der Waals surface area contributed by atoms with Gasteiger partial charge < -0.3 is 14.8 Å². The Bertz CT molecular complexity index is 730. The van der Waals surface area contributed by atoms with Gasteiger partial charge in [-0.1, -0.05) is 22.0 Å². The first-order valence-electron chi connectivity index (χ1n) is 6.97. The van der Waals surface area contributed by atoms with Crippen LogP contribution in [-0.4, -0.2) is 25.6 Å². The maximum Gasteiger partial charge on any atom is 0.338 e. The highest BCUT2D eigenvalue weighted by atomic mass is 79.9.